The molecule has 1 fully saturated rings. The Labute approximate surface area is 180 Å². The van der Waals surface area contributed by atoms with Gasteiger partial charge in [-0.1, -0.05) is 22.9 Å². The maximum absolute atomic E-state index is 12.5. The number of benzene rings is 2. The summed E-state index contributed by atoms with van der Waals surface area (Å²) in [4.78, 5) is 32.7. The number of anilines is 1. The van der Waals surface area contributed by atoms with E-state index in [2.05, 4.69) is 9.88 Å². The van der Waals surface area contributed by atoms with Crippen molar-refractivity contribution in [1.29, 1.82) is 0 Å². The smallest absolute Gasteiger partial charge is 0.270 e. The van der Waals surface area contributed by atoms with Crippen LogP contribution in [0.15, 0.2) is 47.4 Å². The topological polar surface area (TPSA) is 79.6 Å². The summed E-state index contributed by atoms with van der Waals surface area (Å²) in [5, 5.41) is 12.5. The standard InChI is InChI=1S/C19H17ClN4O3S2/c20-13-1-4-15(5-2-13)28-12-18(25)22-7-9-23(10-8-22)19-21-16-6-3-14(24(26)27)11-17(16)29-19/h1-6,11H,7-10,12H2. The molecule has 2 aromatic carbocycles. The Kier molecular flexibility index (Phi) is 5.89. The Bertz CT molecular complexity index is 1050. The number of nitrogens with zero attached hydrogens (tertiary/aromatic N) is 4. The van der Waals surface area contributed by atoms with Crippen molar-refractivity contribution in [2.45, 2.75) is 4.90 Å². The molecule has 1 saturated heterocycles. The first-order chi connectivity index (χ1) is 14.0. The van der Waals surface area contributed by atoms with Crippen molar-refractivity contribution >= 4 is 61.6 Å². The highest BCUT2D eigenvalue weighted by Gasteiger charge is 2.23. The number of non-ortho nitro benzene ring substituents is 1. The average molecular weight is 449 g/mol. The Hall–Kier alpha value is -2.36. The molecule has 0 atom stereocenters. The highest BCUT2D eigenvalue weighted by Crippen LogP contribution is 2.32. The van der Waals surface area contributed by atoms with Crippen LogP contribution in [0.5, 0.6) is 0 Å². The lowest BCUT2D eigenvalue weighted by Crippen LogP contribution is -2.49. The van der Waals surface area contributed by atoms with Crippen molar-refractivity contribution in [2.75, 3.05) is 36.8 Å². The Balaban J connectivity index is 1.34. The zero-order valence-electron chi connectivity index (χ0n) is 15.3. The number of nitro groups is 1. The van der Waals surface area contributed by atoms with Gasteiger partial charge >= 0.3 is 0 Å². The van der Waals surface area contributed by atoms with Crippen molar-refractivity contribution in [1.82, 2.24) is 9.88 Å². The van der Waals surface area contributed by atoms with E-state index in [0.717, 1.165) is 20.2 Å². The SMILES string of the molecule is O=C(CSc1ccc(Cl)cc1)N1CCN(c2nc3ccc([N+](=O)[O-])cc3s2)CC1. The van der Waals surface area contributed by atoms with E-state index in [-0.39, 0.29) is 11.6 Å². The minimum atomic E-state index is -0.398. The zero-order chi connectivity index (χ0) is 20.4. The van der Waals surface area contributed by atoms with Crippen molar-refractivity contribution in [3.05, 3.63) is 57.6 Å². The maximum Gasteiger partial charge on any atom is 0.270 e. The molecule has 0 N–H and O–H groups in total. The fraction of sp³-hybridized carbons (Fsp3) is 0.263. The quantitative estimate of drug-likeness (QED) is 0.329. The van der Waals surface area contributed by atoms with Gasteiger partial charge in [0, 0.05) is 48.2 Å². The summed E-state index contributed by atoms with van der Waals surface area (Å²) in [6.45, 7) is 2.66. The second-order valence-electron chi connectivity index (χ2n) is 6.52. The predicted octanol–water partition coefficient (Wildman–Crippen LogP) is 4.30. The number of nitro benzene ring substituents is 1. The van der Waals surface area contributed by atoms with Gasteiger partial charge in [0.25, 0.3) is 5.69 Å². The summed E-state index contributed by atoms with van der Waals surface area (Å²) in [6.07, 6.45) is 0. The molecule has 150 valence electrons. The second-order valence-corrected chi connectivity index (χ2v) is 9.01. The van der Waals surface area contributed by atoms with Gasteiger partial charge in [0.15, 0.2) is 5.13 Å². The lowest BCUT2D eigenvalue weighted by atomic mass is 10.3. The van der Waals surface area contributed by atoms with E-state index in [9.17, 15) is 14.9 Å². The zero-order valence-corrected chi connectivity index (χ0v) is 17.7. The van der Waals surface area contributed by atoms with Crippen molar-refractivity contribution in [3.63, 3.8) is 0 Å². The van der Waals surface area contributed by atoms with Crippen molar-refractivity contribution in [2.24, 2.45) is 0 Å². The number of rotatable bonds is 5. The number of piperazine rings is 1. The second kappa shape index (κ2) is 8.56. The molecule has 1 amide bonds. The first-order valence-corrected chi connectivity index (χ1v) is 11.1. The predicted molar refractivity (Wildman–Crippen MR) is 117 cm³/mol. The monoisotopic (exact) mass is 448 g/mol. The van der Waals surface area contributed by atoms with Crippen LogP contribution in [-0.2, 0) is 4.79 Å². The number of fused-ring (bicyclic) bond motifs is 1. The van der Waals surface area contributed by atoms with Crippen LogP contribution in [0.3, 0.4) is 0 Å². The highest BCUT2D eigenvalue weighted by atomic mass is 35.5. The molecule has 2 heterocycles. The Morgan fingerprint density at radius 2 is 1.90 bits per heavy atom. The lowest BCUT2D eigenvalue weighted by molar-refractivity contribution is -0.384. The van der Waals surface area contributed by atoms with Gasteiger partial charge in [-0.15, -0.1) is 11.8 Å². The van der Waals surface area contributed by atoms with Gasteiger partial charge < -0.3 is 9.80 Å². The van der Waals surface area contributed by atoms with Gasteiger partial charge in [-0.25, -0.2) is 4.98 Å². The van der Waals surface area contributed by atoms with E-state index in [1.54, 1.807) is 12.1 Å². The van der Waals surface area contributed by atoms with E-state index >= 15 is 0 Å². The summed E-state index contributed by atoms with van der Waals surface area (Å²) < 4.78 is 0.798. The Morgan fingerprint density at radius 3 is 2.59 bits per heavy atom. The van der Waals surface area contributed by atoms with Gasteiger partial charge in [0.05, 0.1) is 20.9 Å². The fourth-order valence-corrected chi connectivity index (χ4v) is 5.04. The number of amides is 1. The molecule has 0 radical (unpaired) electrons. The molecule has 1 aromatic heterocycles. The van der Waals surface area contributed by atoms with E-state index in [1.807, 2.05) is 29.2 Å². The summed E-state index contributed by atoms with van der Waals surface area (Å²) >= 11 is 8.84. The number of carbonyl (C=O) groups is 1. The minimum absolute atomic E-state index is 0.0707. The fourth-order valence-electron chi connectivity index (χ4n) is 3.06. The lowest BCUT2D eigenvalue weighted by Gasteiger charge is -2.34. The van der Waals surface area contributed by atoms with Gasteiger partial charge in [0.2, 0.25) is 5.91 Å². The molecule has 1 aliphatic heterocycles. The number of hydrogen-bond acceptors (Lipinski definition) is 7. The molecule has 0 bridgehead atoms. The van der Waals surface area contributed by atoms with Crippen LogP contribution in [-0.4, -0.2) is 52.6 Å². The van der Waals surface area contributed by atoms with Crippen LogP contribution in [0.1, 0.15) is 0 Å². The van der Waals surface area contributed by atoms with Gasteiger partial charge in [-0.2, -0.15) is 0 Å². The van der Waals surface area contributed by atoms with E-state index in [0.29, 0.717) is 37.0 Å². The van der Waals surface area contributed by atoms with Gasteiger partial charge in [0.1, 0.15) is 0 Å². The Morgan fingerprint density at radius 1 is 1.17 bits per heavy atom. The molecule has 7 nitrogen and oxygen atoms in total. The molecule has 10 heteroatoms. The molecule has 3 aromatic rings. The highest BCUT2D eigenvalue weighted by molar-refractivity contribution is 8.00. The van der Waals surface area contributed by atoms with Crippen LogP contribution in [0, 0.1) is 10.1 Å². The summed E-state index contributed by atoms with van der Waals surface area (Å²) in [5.74, 6) is 0.511. The summed E-state index contributed by atoms with van der Waals surface area (Å²) in [6, 6.07) is 12.2. The molecular formula is C19H17ClN4O3S2. The van der Waals surface area contributed by atoms with Crippen LogP contribution >= 0.6 is 34.7 Å². The molecule has 0 unspecified atom stereocenters. The van der Waals surface area contributed by atoms with Crippen molar-refractivity contribution in [3.8, 4) is 0 Å². The third-order valence-electron chi connectivity index (χ3n) is 4.65. The van der Waals surface area contributed by atoms with Crippen LogP contribution < -0.4 is 4.90 Å². The maximum atomic E-state index is 12.5. The van der Waals surface area contributed by atoms with Crippen LogP contribution in [0.4, 0.5) is 10.8 Å². The normalized spacial score (nSPS) is 14.4. The van der Waals surface area contributed by atoms with Gasteiger partial charge in [-0.3, -0.25) is 14.9 Å². The molecule has 0 saturated carbocycles. The molecule has 0 aliphatic carbocycles. The third-order valence-corrected chi connectivity index (χ3v) is 6.98. The molecular weight excluding hydrogens is 432 g/mol. The largest absolute Gasteiger partial charge is 0.345 e. The first kappa shape index (κ1) is 19.9. The number of thioether (sulfide) groups is 1. The number of halogens is 1. The number of carbonyl (C=O) groups excluding carboxylic acids is 1. The summed E-state index contributed by atoms with van der Waals surface area (Å²) in [7, 11) is 0. The molecule has 4 rings (SSSR count). The van der Waals surface area contributed by atoms with E-state index in [1.165, 1.54) is 29.2 Å². The van der Waals surface area contributed by atoms with E-state index in [4.69, 9.17) is 11.6 Å². The number of aromatic nitrogens is 1. The molecule has 0 spiro atoms. The number of hydrogen-bond donors (Lipinski definition) is 0. The summed E-state index contributed by atoms with van der Waals surface area (Å²) in [5.41, 5.74) is 0.828. The molecule has 1 aliphatic rings. The minimum Gasteiger partial charge on any atom is -0.345 e. The van der Waals surface area contributed by atoms with Crippen molar-refractivity contribution < 1.29 is 9.72 Å². The van der Waals surface area contributed by atoms with Crippen LogP contribution in [0.2, 0.25) is 5.02 Å². The van der Waals surface area contributed by atoms with Gasteiger partial charge in [-0.05, 0) is 30.3 Å². The van der Waals surface area contributed by atoms with Crippen LogP contribution in [0.25, 0.3) is 10.2 Å². The third kappa shape index (κ3) is 4.63. The first-order valence-electron chi connectivity index (χ1n) is 8.96. The van der Waals surface area contributed by atoms with E-state index < -0.39 is 4.92 Å². The number of thiazole rings is 1. The molecule has 29 heavy (non-hydrogen) atoms. The average Bonchev–Trinajstić information content (AvgIpc) is 3.16.